The minimum Gasteiger partial charge on any atom is -0.494 e. The predicted molar refractivity (Wildman–Crippen MR) is 266 cm³/mol. The maximum absolute atomic E-state index is 13.9. The molecule has 0 saturated carbocycles. The summed E-state index contributed by atoms with van der Waals surface area (Å²) in [5.74, 6) is 5.18. The number of hydrogen-bond donors (Lipinski definition) is 5. The van der Waals surface area contributed by atoms with Crippen LogP contribution in [0, 0.1) is 31.6 Å². The molecule has 2 fully saturated rings. The number of anilines is 2. The Kier molecular flexibility index (Phi) is 15.2. The number of aromatic nitrogens is 8. The first-order valence-corrected chi connectivity index (χ1v) is 23.7. The molecule has 0 atom stereocenters. The highest BCUT2D eigenvalue weighted by molar-refractivity contribution is 6.24. The van der Waals surface area contributed by atoms with Gasteiger partial charge in [-0.15, -0.1) is 0 Å². The Morgan fingerprint density at radius 3 is 1.80 bits per heavy atom. The molecule has 2 saturated heterocycles. The van der Waals surface area contributed by atoms with Gasteiger partial charge in [0.15, 0.2) is 0 Å². The van der Waals surface area contributed by atoms with Gasteiger partial charge in [0.25, 0.3) is 17.7 Å². The van der Waals surface area contributed by atoms with E-state index in [-0.39, 0.29) is 60.4 Å². The third-order valence-electron chi connectivity index (χ3n) is 12.3. The fourth-order valence-corrected chi connectivity index (χ4v) is 8.91. The number of rotatable bonds is 15. The number of nitrogens with one attached hydrogen (secondary N) is 4. The molecule has 372 valence electrons. The second kappa shape index (κ2) is 21.8. The number of nitrogens with zero attached hydrogens (tertiary/aromatic N) is 10. The van der Waals surface area contributed by atoms with E-state index in [4.69, 9.17) is 37.0 Å². The number of nitrogens with two attached hydrogens (primary N) is 1. The number of imidazole rings is 2. The number of urea groups is 1. The van der Waals surface area contributed by atoms with Crippen LogP contribution in [0.4, 0.5) is 16.7 Å². The van der Waals surface area contributed by atoms with Crippen molar-refractivity contribution in [2.75, 3.05) is 63.6 Å². The van der Waals surface area contributed by atoms with E-state index in [2.05, 4.69) is 42.8 Å². The number of amides is 6. The Bertz CT molecular complexity index is 3110. The number of aryl methyl sites for hydroxylation is 4. The number of piperidine rings is 1. The number of fused-ring (bicyclic) bond motifs is 2. The summed E-state index contributed by atoms with van der Waals surface area (Å²) in [6.07, 6.45) is 5.12. The van der Waals surface area contributed by atoms with E-state index >= 15 is 0 Å². The van der Waals surface area contributed by atoms with E-state index in [0.29, 0.717) is 89.9 Å². The van der Waals surface area contributed by atoms with Crippen LogP contribution in [0.1, 0.15) is 79.8 Å². The lowest BCUT2D eigenvalue weighted by atomic mass is 9.98. The third-order valence-corrected chi connectivity index (χ3v) is 12.5. The Labute approximate surface area is 413 Å². The molecule has 2 aromatic carbocycles. The summed E-state index contributed by atoms with van der Waals surface area (Å²) in [6.45, 7) is 12.7. The van der Waals surface area contributed by atoms with Crippen molar-refractivity contribution in [1.29, 1.82) is 0 Å². The largest absolute Gasteiger partial charge is 0.494 e. The molecular formula is C48H56ClN15O7. The summed E-state index contributed by atoms with van der Waals surface area (Å²) in [5.41, 5.74) is 9.71. The van der Waals surface area contributed by atoms with Gasteiger partial charge in [-0.3, -0.25) is 44.0 Å². The second-order valence-corrected chi connectivity index (χ2v) is 17.2. The van der Waals surface area contributed by atoms with E-state index in [1.165, 1.54) is 31.4 Å². The molecule has 71 heavy (non-hydrogen) atoms. The minimum atomic E-state index is -0.706. The Morgan fingerprint density at radius 1 is 0.761 bits per heavy atom. The quantitative estimate of drug-likeness (QED) is 0.0549. The molecule has 0 aliphatic carbocycles. The Morgan fingerprint density at radius 2 is 1.28 bits per heavy atom. The highest BCUT2D eigenvalue weighted by Gasteiger charge is 2.27. The Balaban J connectivity index is 1.11. The third kappa shape index (κ3) is 10.8. The van der Waals surface area contributed by atoms with E-state index in [1.807, 2.05) is 35.8 Å². The minimum absolute atomic E-state index is 0.0359. The molecule has 0 radical (unpaired) electrons. The van der Waals surface area contributed by atoms with Crippen LogP contribution in [0.15, 0.2) is 48.6 Å². The van der Waals surface area contributed by atoms with Crippen LogP contribution in [0.3, 0.4) is 0 Å². The van der Waals surface area contributed by atoms with Crippen molar-refractivity contribution in [2.45, 2.75) is 66.7 Å². The zero-order valence-electron chi connectivity index (χ0n) is 40.2. The van der Waals surface area contributed by atoms with Gasteiger partial charge in [-0.05, 0) is 76.9 Å². The number of methoxy groups -OCH3 is 1. The smallest absolute Gasteiger partial charge is 0.320 e. The zero-order valence-corrected chi connectivity index (χ0v) is 40.9. The summed E-state index contributed by atoms with van der Waals surface area (Å²) in [6, 6.07) is 9.55. The van der Waals surface area contributed by atoms with Crippen molar-refractivity contribution in [3.05, 3.63) is 82.5 Å². The number of primary amides is 1. The molecule has 23 heteroatoms. The number of carbonyl (C=O) groups excluding carboxylic acids is 5. The van der Waals surface area contributed by atoms with Gasteiger partial charge in [0.05, 0.1) is 29.5 Å². The molecular weight excluding hydrogens is 934 g/mol. The summed E-state index contributed by atoms with van der Waals surface area (Å²) in [7, 11) is 1.46. The van der Waals surface area contributed by atoms with Crippen molar-refractivity contribution in [3.8, 4) is 23.3 Å². The molecule has 0 unspecified atom stereocenters. The number of allylic oxidation sites excluding steroid dienone is 2. The number of piperazine rings is 1. The highest BCUT2D eigenvalue weighted by Crippen LogP contribution is 2.33. The van der Waals surface area contributed by atoms with Gasteiger partial charge in [0, 0.05) is 94.3 Å². The molecule has 8 rings (SSSR count). The topological polar surface area (TPSA) is 256 Å². The van der Waals surface area contributed by atoms with Crippen LogP contribution in [0.25, 0.3) is 22.1 Å². The van der Waals surface area contributed by atoms with Gasteiger partial charge in [-0.25, -0.2) is 14.8 Å². The maximum Gasteiger partial charge on any atom is 0.320 e. The molecule has 6 heterocycles. The van der Waals surface area contributed by atoms with Crippen molar-refractivity contribution in [1.82, 2.24) is 58.6 Å². The van der Waals surface area contributed by atoms with Crippen molar-refractivity contribution >= 4 is 75.4 Å². The molecule has 6 amide bonds. The molecule has 6 aromatic rings. The fourth-order valence-electron chi connectivity index (χ4n) is 8.80. The first-order chi connectivity index (χ1) is 34.3. The van der Waals surface area contributed by atoms with Gasteiger partial charge in [-0.1, -0.05) is 24.0 Å². The lowest BCUT2D eigenvalue weighted by Crippen LogP contribution is -2.53. The van der Waals surface area contributed by atoms with Crippen LogP contribution in [-0.2, 0) is 26.2 Å². The fraction of sp³-hybridized carbons (Fsp3) is 0.396. The first kappa shape index (κ1) is 49.5. The number of halogens is 1. The van der Waals surface area contributed by atoms with Crippen LogP contribution in [0.2, 0.25) is 0 Å². The number of carbonyl (C=O) groups is 5. The molecule has 0 bridgehead atoms. The number of ether oxygens (including phenoxy) is 2. The summed E-state index contributed by atoms with van der Waals surface area (Å²) in [5, 5.41) is 18.0. The molecule has 0 spiro atoms. The van der Waals surface area contributed by atoms with Crippen LogP contribution in [-0.4, -0.2) is 131 Å². The van der Waals surface area contributed by atoms with Gasteiger partial charge in [0.2, 0.25) is 17.8 Å². The highest BCUT2D eigenvalue weighted by atomic mass is 35.5. The normalized spacial score (nSPS) is 14.2. The van der Waals surface area contributed by atoms with Crippen LogP contribution < -0.4 is 36.0 Å². The summed E-state index contributed by atoms with van der Waals surface area (Å²) >= 11 is 5.69. The lowest BCUT2D eigenvalue weighted by molar-refractivity contribution is 0.0977. The average molecular weight is 991 g/mol. The van der Waals surface area contributed by atoms with Crippen molar-refractivity contribution < 1.29 is 33.4 Å². The van der Waals surface area contributed by atoms with Crippen molar-refractivity contribution in [2.24, 2.45) is 11.7 Å². The maximum atomic E-state index is 13.9. The number of hydrogen-bond acceptors (Lipinski definition) is 12. The first-order valence-electron chi connectivity index (χ1n) is 23.4. The van der Waals surface area contributed by atoms with Gasteiger partial charge in [0.1, 0.15) is 40.5 Å². The number of benzene rings is 2. The van der Waals surface area contributed by atoms with Gasteiger partial charge in [-0.2, -0.15) is 10.2 Å². The predicted octanol–water partition coefficient (Wildman–Crippen LogP) is 4.31. The molecule has 2 aliphatic heterocycles. The Hall–Kier alpha value is -7.90. The standard InChI is InChI=1S/C48H56ClN15O7/c1-6-63-36(23-29(3)57-63)44(67)54-46-53-35-26-33(43(66)56-49)28-38(70-5)40(35)61(46)16-8-9-17-62-41-34(52-47(62)55-45(68)37-24-30(4)58-64(37)7-2)25-32(42(50)65)27-39(41)71-22-10-11-31-12-18-59(19-13-31)48(69)60-20-14-51-15-21-60/h8-9,23-28,31,51H,6-7,12-22H2,1-5H3,(H2,50,65)(H,56,66)(H,52,55,68)(H,53,54,67)/b9-8+. The van der Waals surface area contributed by atoms with E-state index in [9.17, 15) is 24.0 Å². The number of likely N-dealkylation sites (tertiary alicyclic amines) is 1. The van der Waals surface area contributed by atoms with Crippen LogP contribution >= 0.6 is 11.8 Å². The zero-order chi connectivity index (χ0) is 50.3. The average Bonchev–Trinajstić information content (AvgIpc) is 4.15. The van der Waals surface area contributed by atoms with E-state index < -0.39 is 23.6 Å². The SMILES string of the molecule is CCn1nc(C)cc1C(=O)Nc1nc2cc(C(=O)NCl)cc(OC)c2n1C/C=C/Cn1c(NC(=O)c2cc(C)nn2CC)nc2cc(C(N)=O)cc(OCC#CC3CCN(C(=O)N4CCNCC4)CC3)c21. The monoisotopic (exact) mass is 989 g/mol. The molecule has 4 aromatic heterocycles. The van der Waals surface area contributed by atoms with Crippen LogP contribution in [0.5, 0.6) is 11.5 Å². The summed E-state index contributed by atoms with van der Waals surface area (Å²) in [4.78, 5) is 81.5. The summed E-state index contributed by atoms with van der Waals surface area (Å²) < 4.78 is 18.7. The van der Waals surface area contributed by atoms with Crippen molar-refractivity contribution in [3.63, 3.8) is 0 Å². The molecule has 22 nitrogen and oxygen atoms in total. The van der Waals surface area contributed by atoms with Gasteiger partial charge >= 0.3 is 6.03 Å². The molecule has 6 N–H and O–H groups in total. The second-order valence-electron chi connectivity index (χ2n) is 17.0. The molecule has 2 aliphatic rings. The van der Waals surface area contributed by atoms with Gasteiger partial charge < -0.3 is 39.5 Å². The van der Waals surface area contributed by atoms with E-state index in [1.54, 1.807) is 44.5 Å². The van der Waals surface area contributed by atoms with E-state index in [0.717, 1.165) is 25.9 Å². The lowest BCUT2D eigenvalue weighted by Gasteiger charge is -2.36.